The molecule has 2 N–H and O–H groups in total. The van der Waals surface area contributed by atoms with Gasteiger partial charge in [0, 0.05) is 18.9 Å². The molecular formula is C18H16N2O4. The van der Waals surface area contributed by atoms with Gasteiger partial charge in [0.15, 0.2) is 11.5 Å². The molecule has 1 aliphatic heterocycles. The summed E-state index contributed by atoms with van der Waals surface area (Å²) in [6.07, 6.45) is -0.0331. The van der Waals surface area contributed by atoms with Crippen molar-refractivity contribution >= 4 is 22.7 Å². The van der Waals surface area contributed by atoms with Gasteiger partial charge in [-0.25, -0.2) is 4.98 Å². The SMILES string of the molecule is Cc1nc2c(C(=O)Nc3cccc4c3OCC[C@@H]4O)cccc2o1. The van der Waals surface area contributed by atoms with Crippen molar-refractivity contribution in [2.24, 2.45) is 0 Å². The van der Waals surface area contributed by atoms with Crippen LogP contribution in [0.2, 0.25) is 0 Å². The summed E-state index contributed by atoms with van der Waals surface area (Å²) in [7, 11) is 0. The van der Waals surface area contributed by atoms with E-state index in [4.69, 9.17) is 9.15 Å². The maximum Gasteiger partial charge on any atom is 0.258 e. The van der Waals surface area contributed by atoms with Gasteiger partial charge in [-0.1, -0.05) is 18.2 Å². The van der Waals surface area contributed by atoms with Crippen molar-refractivity contribution in [1.82, 2.24) is 4.98 Å². The lowest BCUT2D eigenvalue weighted by molar-refractivity contribution is 0.102. The molecule has 0 saturated carbocycles. The molecule has 0 radical (unpaired) electrons. The number of amides is 1. The van der Waals surface area contributed by atoms with Crippen molar-refractivity contribution < 1.29 is 19.1 Å². The molecule has 6 heteroatoms. The van der Waals surface area contributed by atoms with Crippen LogP contribution >= 0.6 is 0 Å². The Morgan fingerprint density at radius 2 is 2.12 bits per heavy atom. The summed E-state index contributed by atoms with van der Waals surface area (Å²) in [5, 5.41) is 12.9. The molecule has 2 heterocycles. The molecule has 0 aliphatic carbocycles. The summed E-state index contributed by atoms with van der Waals surface area (Å²) in [6.45, 7) is 2.16. The highest BCUT2D eigenvalue weighted by molar-refractivity contribution is 6.11. The van der Waals surface area contributed by atoms with Gasteiger partial charge in [-0.2, -0.15) is 0 Å². The van der Waals surface area contributed by atoms with E-state index in [-0.39, 0.29) is 5.91 Å². The number of carbonyl (C=O) groups is 1. The number of aliphatic hydroxyl groups excluding tert-OH is 1. The molecule has 0 unspecified atom stereocenters. The third-order valence-corrected chi connectivity index (χ3v) is 4.06. The van der Waals surface area contributed by atoms with Gasteiger partial charge in [0.05, 0.1) is 24.0 Å². The second-order valence-electron chi connectivity index (χ2n) is 5.72. The molecule has 24 heavy (non-hydrogen) atoms. The number of rotatable bonds is 2. The molecule has 6 nitrogen and oxygen atoms in total. The summed E-state index contributed by atoms with van der Waals surface area (Å²) in [5.74, 6) is 0.730. The van der Waals surface area contributed by atoms with E-state index in [0.29, 0.717) is 52.6 Å². The van der Waals surface area contributed by atoms with Crippen LogP contribution < -0.4 is 10.1 Å². The number of nitrogens with zero attached hydrogens (tertiary/aromatic N) is 1. The number of ether oxygens (including phenoxy) is 1. The predicted octanol–water partition coefficient (Wildman–Crippen LogP) is 3.20. The minimum Gasteiger partial charge on any atom is -0.491 e. The second-order valence-corrected chi connectivity index (χ2v) is 5.72. The van der Waals surface area contributed by atoms with Gasteiger partial charge < -0.3 is 19.6 Å². The van der Waals surface area contributed by atoms with Crippen LogP contribution in [0.4, 0.5) is 5.69 Å². The van der Waals surface area contributed by atoms with Gasteiger partial charge in [-0.3, -0.25) is 4.79 Å². The standard InChI is InChI=1S/C18H16N2O4/c1-10-19-16-12(5-3-7-15(16)24-10)18(22)20-13-6-2-4-11-14(21)8-9-23-17(11)13/h2-7,14,21H,8-9H2,1H3,(H,20,22)/t14-/m0/s1. The smallest absolute Gasteiger partial charge is 0.258 e. The van der Waals surface area contributed by atoms with E-state index < -0.39 is 6.10 Å². The first-order chi connectivity index (χ1) is 11.6. The maximum atomic E-state index is 12.7. The highest BCUT2D eigenvalue weighted by Gasteiger charge is 2.23. The summed E-state index contributed by atoms with van der Waals surface area (Å²) in [4.78, 5) is 17.0. The largest absolute Gasteiger partial charge is 0.491 e. The monoisotopic (exact) mass is 324 g/mol. The van der Waals surface area contributed by atoms with Crippen molar-refractivity contribution in [2.45, 2.75) is 19.4 Å². The Kier molecular flexibility index (Phi) is 3.46. The zero-order chi connectivity index (χ0) is 16.7. The lowest BCUT2D eigenvalue weighted by atomic mass is 10.0. The van der Waals surface area contributed by atoms with Gasteiger partial charge in [0.2, 0.25) is 0 Å². The van der Waals surface area contributed by atoms with Crippen LogP contribution in [0.5, 0.6) is 5.75 Å². The Bertz CT molecular complexity index is 932. The number of aryl methyl sites for hydroxylation is 1. The summed E-state index contributed by atoms with van der Waals surface area (Å²) in [5.41, 5.74) is 2.75. The number of anilines is 1. The number of aromatic nitrogens is 1. The molecular weight excluding hydrogens is 308 g/mol. The summed E-state index contributed by atoms with van der Waals surface area (Å²) in [6, 6.07) is 10.6. The van der Waals surface area contributed by atoms with Crippen molar-refractivity contribution in [3.8, 4) is 5.75 Å². The van der Waals surface area contributed by atoms with Gasteiger partial charge in [-0.15, -0.1) is 0 Å². The zero-order valence-electron chi connectivity index (χ0n) is 13.1. The van der Waals surface area contributed by atoms with Crippen molar-refractivity contribution in [3.05, 3.63) is 53.4 Å². The first kappa shape index (κ1) is 14.7. The number of carbonyl (C=O) groups excluding carboxylic acids is 1. The molecule has 0 fully saturated rings. The fourth-order valence-electron chi connectivity index (χ4n) is 2.94. The normalized spacial score (nSPS) is 16.5. The molecule has 0 bridgehead atoms. The fraction of sp³-hybridized carbons (Fsp3) is 0.222. The van der Waals surface area contributed by atoms with Crippen molar-refractivity contribution in [2.75, 3.05) is 11.9 Å². The molecule has 1 aromatic heterocycles. The Labute approximate surface area is 138 Å². The lowest BCUT2D eigenvalue weighted by Crippen LogP contribution is -2.18. The highest BCUT2D eigenvalue weighted by Crippen LogP contribution is 2.38. The highest BCUT2D eigenvalue weighted by atomic mass is 16.5. The molecule has 1 aliphatic rings. The van der Waals surface area contributed by atoms with Crippen LogP contribution in [-0.2, 0) is 0 Å². The zero-order valence-corrected chi connectivity index (χ0v) is 13.1. The number of oxazole rings is 1. The first-order valence-corrected chi connectivity index (χ1v) is 7.75. The molecule has 122 valence electrons. The van der Waals surface area contributed by atoms with E-state index >= 15 is 0 Å². The second kappa shape index (κ2) is 5.65. The van der Waals surface area contributed by atoms with E-state index in [1.54, 1.807) is 43.3 Å². The van der Waals surface area contributed by atoms with Crippen LogP contribution in [0.15, 0.2) is 40.8 Å². The quantitative estimate of drug-likeness (QED) is 0.756. The van der Waals surface area contributed by atoms with Gasteiger partial charge >= 0.3 is 0 Å². The summed E-state index contributed by atoms with van der Waals surface area (Å²) >= 11 is 0. The van der Waals surface area contributed by atoms with Gasteiger partial charge in [0.25, 0.3) is 5.91 Å². The molecule has 4 rings (SSSR count). The minimum atomic E-state index is -0.577. The number of aliphatic hydroxyl groups is 1. The van der Waals surface area contributed by atoms with Crippen molar-refractivity contribution in [1.29, 1.82) is 0 Å². The Balaban J connectivity index is 1.71. The number of para-hydroxylation sites is 2. The van der Waals surface area contributed by atoms with E-state index in [0.717, 1.165) is 0 Å². The van der Waals surface area contributed by atoms with Gasteiger partial charge in [-0.05, 0) is 18.2 Å². The number of nitrogens with one attached hydrogen (secondary N) is 1. The van der Waals surface area contributed by atoms with Crippen LogP contribution in [0.1, 0.15) is 34.3 Å². The average molecular weight is 324 g/mol. The van der Waals surface area contributed by atoms with E-state index in [2.05, 4.69) is 10.3 Å². The lowest BCUT2D eigenvalue weighted by Gasteiger charge is -2.24. The fourth-order valence-corrected chi connectivity index (χ4v) is 2.94. The number of hydrogen-bond donors (Lipinski definition) is 2. The average Bonchev–Trinajstić information content (AvgIpc) is 2.95. The van der Waals surface area contributed by atoms with Crippen LogP contribution in [0, 0.1) is 6.92 Å². The van der Waals surface area contributed by atoms with E-state index in [1.807, 2.05) is 0 Å². The Morgan fingerprint density at radius 1 is 1.29 bits per heavy atom. The third-order valence-electron chi connectivity index (χ3n) is 4.06. The molecule has 3 aromatic rings. The number of benzene rings is 2. The topological polar surface area (TPSA) is 84.6 Å². The first-order valence-electron chi connectivity index (χ1n) is 7.75. The molecule has 1 atom stereocenters. The van der Waals surface area contributed by atoms with E-state index in [9.17, 15) is 9.90 Å². The Hall–Kier alpha value is -2.86. The maximum absolute atomic E-state index is 12.7. The predicted molar refractivity (Wildman–Crippen MR) is 88.2 cm³/mol. The van der Waals surface area contributed by atoms with Crippen LogP contribution in [0.3, 0.4) is 0 Å². The van der Waals surface area contributed by atoms with E-state index in [1.165, 1.54) is 0 Å². The minimum absolute atomic E-state index is 0.300. The third kappa shape index (κ3) is 2.41. The summed E-state index contributed by atoms with van der Waals surface area (Å²) < 4.78 is 11.1. The molecule has 0 spiro atoms. The number of hydrogen-bond acceptors (Lipinski definition) is 5. The molecule has 2 aromatic carbocycles. The van der Waals surface area contributed by atoms with Gasteiger partial charge in [0.1, 0.15) is 11.3 Å². The van der Waals surface area contributed by atoms with Crippen LogP contribution in [-0.4, -0.2) is 22.6 Å². The number of fused-ring (bicyclic) bond motifs is 2. The molecule has 0 saturated heterocycles. The Morgan fingerprint density at radius 3 is 3.00 bits per heavy atom. The van der Waals surface area contributed by atoms with Crippen molar-refractivity contribution in [3.63, 3.8) is 0 Å². The molecule has 1 amide bonds. The van der Waals surface area contributed by atoms with Crippen LogP contribution in [0.25, 0.3) is 11.1 Å².